The van der Waals surface area contributed by atoms with Gasteiger partial charge >= 0.3 is 0 Å². The highest BCUT2D eigenvalue weighted by atomic mass is 79.9. The van der Waals surface area contributed by atoms with Crippen molar-refractivity contribution in [3.05, 3.63) is 69.4 Å². The first-order chi connectivity index (χ1) is 8.56. The fourth-order valence-electron chi connectivity index (χ4n) is 1.77. The van der Waals surface area contributed by atoms with Crippen molar-refractivity contribution < 1.29 is 9.18 Å². The molecule has 0 amide bonds. The van der Waals surface area contributed by atoms with Crippen molar-refractivity contribution in [1.82, 2.24) is 0 Å². The predicted molar refractivity (Wildman–Crippen MR) is 73.3 cm³/mol. The summed E-state index contributed by atoms with van der Waals surface area (Å²) in [6.07, 6.45) is 0.208. The zero-order valence-electron chi connectivity index (χ0n) is 9.91. The lowest BCUT2D eigenvalue weighted by atomic mass is 10.0. The number of aryl methyl sites for hydroxylation is 1. The molecule has 0 aliphatic rings. The minimum absolute atomic E-state index is 0.153. The molecule has 0 saturated carbocycles. The van der Waals surface area contributed by atoms with E-state index >= 15 is 0 Å². The van der Waals surface area contributed by atoms with Gasteiger partial charge < -0.3 is 0 Å². The van der Waals surface area contributed by atoms with Crippen LogP contribution in [-0.2, 0) is 6.42 Å². The van der Waals surface area contributed by atoms with Gasteiger partial charge in [0.05, 0.1) is 5.56 Å². The number of ketones is 1. The van der Waals surface area contributed by atoms with E-state index in [1.54, 1.807) is 19.1 Å². The molecule has 0 aromatic heterocycles. The second kappa shape index (κ2) is 5.44. The molecule has 0 aliphatic carbocycles. The lowest BCUT2D eigenvalue weighted by Crippen LogP contribution is -2.06. The Balaban J connectivity index is 2.22. The maximum absolute atomic E-state index is 13.7. The zero-order valence-corrected chi connectivity index (χ0v) is 11.5. The van der Waals surface area contributed by atoms with E-state index in [0.717, 1.165) is 15.6 Å². The van der Waals surface area contributed by atoms with Gasteiger partial charge in [-0.05, 0) is 42.3 Å². The van der Waals surface area contributed by atoms with E-state index in [9.17, 15) is 9.18 Å². The topological polar surface area (TPSA) is 17.1 Å². The molecule has 0 N–H and O–H groups in total. The molecule has 0 saturated heterocycles. The summed E-state index contributed by atoms with van der Waals surface area (Å²) in [5.41, 5.74) is 1.83. The minimum Gasteiger partial charge on any atom is -0.294 e. The third kappa shape index (κ3) is 3.05. The van der Waals surface area contributed by atoms with Gasteiger partial charge in [0, 0.05) is 10.9 Å². The summed E-state index contributed by atoms with van der Waals surface area (Å²) in [5.74, 6) is -0.652. The van der Waals surface area contributed by atoms with Gasteiger partial charge in [0.15, 0.2) is 5.78 Å². The molecule has 0 fully saturated rings. The molecule has 1 nitrogen and oxygen atoms in total. The first kappa shape index (κ1) is 13.0. The van der Waals surface area contributed by atoms with Gasteiger partial charge in [-0.2, -0.15) is 0 Å². The lowest BCUT2D eigenvalue weighted by Gasteiger charge is -2.04. The van der Waals surface area contributed by atoms with E-state index < -0.39 is 5.82 Å². The molecule has 0 heterocycles. The molecule has 0 bridgehead atoms. The maximum atomic E-state index is 13.7. The summed E-state index contributed by atoms with van der Waals surface area (Å²) in [6.45, 7) is 1.80. The molecule has 92 valence electrons. The number of Topliss-reactive ketones (excluding diaryl/α,β-unsaturated/α-hetero) is 1. The highest BCUT2D eigenvalue weighted by molar-refractivity contribution is 9.10. The Morgan fingerprint density at radius 3 is 2.67 bits per heavy atom. The third-order valence-corrected chi connectivity index (χ3v) is 3.17. The molecule has 0 aliphatic heterocycles. The summed E-state index contributed by atoms with van der Waals surface area (Å²) in [7, 11) is 0. The molecule has 0 atom stereocenters. The molecule has 3 heteroatoms. The van der Waals surface area contributed by atoms with Gasteiger partial charge in [-0.1, -0.05) is 34.1 Å². The molecular formula is C15H12BrFO. The highest BCUT2D eigenvalue weighted by Gasteiger charge is 2.12. The number of carbonyl (C=O) groups is 1. The van der Waals surface area contributed by atoms with Crippen molar-refractivity contribution in [2.75, 3.05) is 0 Å². The van der Waals surface area contributed by atoms with Crippen molar-refractivity contribution >= 4 is 21.7 Å². The van der Waals surface area contributed by atoms with Gasteiger partial charge in [0.25, 0.3) is 0 Å². The summed E-state index contributed by atoms with van der Waals surface area (Å²) < 4.78 is 14.6. The Kier molecular flexibility index (Phi) is 3.92. The van der Waals surface area contributed by atoms with Gasteiger partial charge in [0.1, 0.15) is 5.82 Å². The monoisotopic (exact) mass is 306 g/mol. The van der Waals surface area contributed by atoms with Crippen LogP contribution in [-0.4, -0.2) is 5.78 Å². The van der Waals surface area contributed by atoms with Crippen LogP contribution in [0.4, 0.5) is 4.39 Å². The Morgan fingerprint density at radius 1 is 1.22 bits per heavy atom. The van der Waals surface area contributed by atoms with Crippen LogP contribution in [0.2, 0.25) is 0 Å². The molecule has 2 aromatic rings. The first-order valence-electron chi connectivity index (χ1n) is 5.60. The van der Waals surface area contributed by atoms with E-state index in [0.29, 0.717) is 0 Å². The Hall–Kier alpha value is -1.48. The number of hydrogen-bond donors (Lipinski definition) is 0. The number of benzene rings is 2. The minimum atomic E-state index is -0.449. The fraction of sp³-hybridized carbons (Fsp3) is 0.133. The highest BCUT2D eigenvalue weighted by Crippen LogP contribution is 2.16. The number of halogens is 2. The second-order valence-electron chi connectivity index (χ2n) is 4.21. The number of carbonyl (C=O) groups excluding carboxylic acids is 1. The zero-order chi connectivity index (χ0) is 13.1. The van der Waals surface area contributed by atoms with E-state index in [4.69, 9.17) is 0 Å². The van der Waals surface area contributed by atoms with Crippen molar-refractivity contribution in [2.45, 2.75) is 13.3 Å². The predicted octanol–water partition coefficient (Wildman–Crippen LogP) is 4.32. The molecule has 0 unspecified atom stereocenters. The van der Waals surface area contributed by atoms with Crippen LogP contribution >= 0.6 is 15.9 Å². The van der Waals surface area contributed by atoms with E-state index in [1.807, 2.05) is 24.3 Å². The normalized spacial score (nSPS) is 10.4. The standard InChI is InChI=1S/C15H12BrFO/c1-10-5-6-13(14(17)7-10)15(18)9-11-3-2-4-12(16)8-11/h2-8H,9H2,1H3. The molecule has 2 aromatic carbocycles. The van der Waals surface area contributed by atoms with Gasteiger partial charge in [-0.15, -0.1) is 0 Å². The smallest absolute Gasteiger partial charge is 0.170 e. The van der Waals surface area contributed by atoms with Crippen molar-refractivity contribution in [3.8, 4) is 0 Å². The summed E-state index contributed by atoms with van der Waals surface area (Å²) in [6, 6.07) is 12.1. The van der Waals surface area contributed by atoms with Crippen LogP contribution in [0, 0.1) is 12.7 Å². The van der Waals surface area contributed by atoms with Crippen LogP contribution in [0.3, 0.4) is 0 Å². The average molecular weight is 307 g/mol. The molecule has 18 heavy (non-hydrogen) atoms. The van der Waals surface area contributed by atoms with Gasteiger partial charge in [-0.3, -0.25) is 4.79 Å². The fourth-order valence-corrected chi connectivity index (χ4v) is 2.22. The number of hydrogen-bond acceptors (Lipinski definition) is 1. The molecular weight excluding hydrogens is 295 g/mol. The largest absolute Gasteiger partial charge is 0.294 e. The molecule has 0 radical (unpaired) electrons. The van der Waals surface area contributed by atoms with Crippen LogP contribution in [0.15, 0.2) is 46.9 Å². The van der Waals surface area contributed by atoms with Crippen molar-refractivity contribution in [3.63, 3.8) is 0 Å². The summed E-state index contributed by atoms with van der Waals surface area (Å²) in [5, 5.41) is 0. The lowest BCUT2D eigenvalue weighted by molar-refractivity contribution is 0.0989. The quantitative estimate of drug-likeness (QED) is 0.772. The van der Waals surface area contributed by atoms with Crippen molar-refractivity contribution in [2.24, 2.45) is 0 Å². The van der Waals surface area contributed by atoms with E-state index in [1.165, 1.54) is 6.07 Å². The average Bonchev–Trinajstić information content (AvgIpc) is 2.28. The van der Waals surface area contributed by atoms with Gasteiger partial charge in [-0.25, -0.2) is 4.39 Å². The van der Waals surface area contributed by atoms with Crippen molar-refractivity contribution in [1.29, 1.82) is 0 Å². The Labute approximate surface area is 114 Å². The van der Waals surface area contributed by atoms with Crippen LogP contribution in [0.25, 0.3) is 0 Å². The maximum Gasteiger partial charge on any atom is 0.170 e. The molecule has 2 rings (SSSR count). The SMILES string of the molecule is Cc1ccc(C(=O)Cc2cccc(Br)c2)c(F)c1. The van der Waals surface area contributed by atoms with Crippen LogP contribution in [0.5, 0.6) is 0 Å². The van der Waals surface area contributed by atoms with E-state index in [2.05, 4.69) is 15.9 Å². The molecule has 0 spiro atoms. The van der Waals surface area contributed by atoms with Crippen LogP contribution < -0.4 is 0 Å². The van der Waals surface area contributed by atoms with E-state index in [-0.39, 0.29) is 17.8 Å². The first-order valence-corrected chi connectivity index (χ1v) is 6.39. The number of rotatable bonds is 3. The van der Waals surface area contributed by atoms with Crippen LogP contribution in [0.1, 0.15) is 21.5 Å². The Morgan fingerprint density at radius 2 is 2.00 bits per heavy atom. The Bertz CT molecular complexity index is 593. The summed E-state index contributed by atoms with van der Waals surface area (Å²) >= 11 is 3.35. The summed E-state index contributed by atoms with van der Waals surface area (Å²) in [4.78, 5) is 12.0. The second-order valence-corrected chi connectivity index (χ2v) is 5.13. The van der Waals surface area contributed by atoms with Gasteiger partial charge in [0.2, 0.25) is 0 Å². The third-order valence-electron chi connectivity index (χ3n) is 2.68.